The van der Waals surface area contributed by atoms with E-state index in [1.807, 2.05) is 43.3 Å². The Morgan fingerprint density at radius 2 is 2.18 bits per heavy atom. The Hall–Kier alpha value is -2.16. The number of amides is 1. The summed E-state index contributed by atoms with van der Waals surface area (Å²) < 4.78 is 0. The van der Waals surface area contributed by atoms with Crippen molar-refractivity contribution in [2.75, 3.05) is 6.54 Å². The van der Waals surface area contributed by atoms with Gasteiger partial charge in [0.1, 0.15) is 0 Å². The maximum absolute atomic E-state index is 11.3. The summed E-state index contributed by atoms with van der Waals surface area (Å²) in [4.78, 5) is 15.6. The smallest absolute Gasteiger partial charge is 0.243 e. The van der Waals surface area contributed by atoms with Gasteiger partial charge in [0.15, 0.2) is 0 Å². The summed E-state index contributed by atoms with van der Waals surface area (Å²) in [6.45, 7) is 2.54. The van der Waals surface area contributed by atoms with Gasteiger partial charge in [-0.15, -0.1) is 0 Å². The molecule has 1 amide bonds. The molecule has 2 rings (SSSR count). The quantitative estimate of drug-likeness (QED) is 0.816. The van der Waals surface area contributed by atoms with Gasteiger partial charge in [-0.05, 0) is 30.7 Å². The minimum Gasteiger partial charge on any atom is -0.353 e. The molecule has 1 N–H and O–H groups in total. The summed E-state index contributed by atoms with van der Waals surface area (Å²) >= 11 is 0. The summed E-state index contributed by atoms with van der Waals surface area (Å²) in [5, 5.41) is 3.77. The summed E-state index contributed by atoms with van der Waals surface area (Å²) in [6, 6.07) is 9.77. The highest BCUT2D eigenvalue weighted by atomic mass is 16.1. The average molecular weight is 226 g/mol. The zero-order valence-electron chi connectivity index (χ0n) is 9.68. The maximum Gasteiger partial charge on any atom is 0.243 e. The van der Waals surface area contributed by atoms with E-state index in [1.54, 1.807) is 12.3 Å². The van der Waals surface area contributed by atoms with E-state index in [9.17, 15) is 4.79 Å². The second-order valence-corrected chi connectivity index (χ2v) is 3.65. The Morgan fingerprint density at radius 3 is 3.00 bits per heavy atom. The molecular weight excluding hydrogens is 212 g/mol. The van der Waals surface area contributed by atoms with Crippen molar-refractivity contribution in [2.24, 2.45) is 0 Å². The first-order chi connectivity index (χ1) is 8.31. The largest absolute Gasteiger partial charge is 0.353 e. The van der Waals surface area contributed by atoms with Gasteiger partial charge >= 0.3 is 0 Å². The summed E-state index contributed by atoms with van der Waals surface area (Å²) in [7, 11) is 0. The van der Waals surface area contributed by atoms with Crippen LogP contribution in [0.1, 0.15) is 12.5 Å². The third-order valence-corrected chi connectivity index (χ3v) is 2.45. The molecule has 17 heavy (non-hydrogen) atoms. The molecule has 0 aliphatic rings. The Morgan fingerprint density at radius 1 is 1.35 bits per heavy atom. The molecular formula is C14H14N2O. The third kappa shape index (κ3) is 2.69. The Balaban J connectivity index is 2.33. The Bertz CT molecular complexity index is 556. The van der Waals surface area contributed by atoms with Crippen LogP contribution in [0.25, 0.3) is 17.0 Å². The van der Waals surface area contributed by atoms with Crippen LogP contribution in [0, 0.1) is 0 Å². The lowest BCUT2D eigenvalue weighted by Crippen LogP contribution is -2.19. The lowest BCUT2D eigenvalue weighted by atomic mass is 10.1. The van der Waals surface area contributed by atoms with Crippen LogP contribution in [0.15, 0.2) is 42.6 Å². The molecule has 0 aliphatic heterocycles. The minimum absolute atomic E-state index is 0.0756. The van der Waals surface area contributed by atoms with Gasteiger partial charge in [0.25, 0.3) is 0 Å². The number of nitrogens with one attached hydrogen (secondary N) is 1. The molecule has 1 aromatic heterocycles. The van der Waals surface area contributed by atoms with Crippen molar-refractivity contribution >= 4 is 22.9 Å². The van der Waals surface area contributed by atoms with Gasteiger partial charge in [-0.2, -0.15) is 0 Å². The van der Waals surface area contributed by atoms with Gasteiger partial charge in [0.05, 0.1) is 5.52 Å². The van der Waals surface area contributed by atoms with Gasteiger partial charge in [0, 0.05) is 24.2 Å². The van der Waals surface area contributed by atoms with E-state index in [0.29, 0.717) is 6.54 Å². The predicted octanol–water partition coefficient (Wildman–Crippen LogP) is 2.38. The molecule has 2 aromatic rings. The first-order valence-corrected chi connectivity index (χ1v) is 5.61. The lowest BCUT2D eigenvalue weighted by molar-refractivity contribution is -0.116. The molecule has 0 bridgehead atoms. The molecule has 0 spiro atoms. The van der Waals surface area contributed by atoms with E-state index >= 15 is 0 Å². The predicted molar refractivity (Wildman–Crippen MR) is 69.5 cm³/mol. The molecule has 0 unspecified atom stereocenters. The molecule has 3 nitrogen and oxygen atoms in total. The number of hydrogen-bond acceptors (Lipinski definition) is 2. The number of pyridine rings is 1. The van der Waals surface area contributed by atoms with Gasteiger partial charge in [-0.3, -0.25) is 9.78 Å². The number of benzene rings is 1. The van der Waals surface area contributed by atoms with Gasteiger partial charge in [0.2, 0.25) is 5.91 Å². The van der Waals surface area contributed by atoms with Crippen molar-refractivity contribution < 1.29 is 4.79 Å². The van der Waals surface area contributed by atoms with Gasteiger partial charge in [-0.25, -0.2) is 0 Å². The molecule has 3 heteroatoms. The van der Waals surface area contributed by atoms with Crippen molar-refractivity contribution in [3.8, 4) is 0 Å². The number of hydrogen-bond donors (Lipinski definition) is 1. The molecule has 1 heterocycles. The lowest BCUT2D eigenvalue weighted by Gasteiger charge is -2.00. The molecule has 0 fully saturated rings. The van der Waals surface area contributed by atoms with Crippen LogP contribution in [0.3, 0.4) is 0 Å². The fraction of sp³-hybridized carbons (Fsp3) is 0.143. The van der Waals surface area contributed by atoms with Crippen LogP contribution in [0.4, 0.5) is 0 Å². The second-order valence-electron chi connectivity index (χ2n) is 3.65. The van der Waals surface area contributed by atoms with E-state index in [1.165, 1.54) is 0 Å². The number of carbonyl (C=O) groups excluding carboxylic acids is 1. The van der Waals surface area contributed by atoms with E-state index in [2.05, 4.69) is 10.3 Å². The van der Waals surface area contributed by atoms with E-state index in [0.717, 1.165) is 16.5 Å². The Kier molecular flexibility index (Phi) is 3.50. The van der Waals surface area contributed by atoms with Crippen LogP contribution >= 0.6 is 0 Å². The maximum atomic E-state index is 11.3. The van der Waals surface area contributed by atoms with Crippen molar-refractivity contribution in [1.82, 2.24) is 10.3 Å². The number of nitrogens with zero attached hydrogens (tertiary/aromatic N) is 1. The summed E-state index contributed by atoms with van der Waals surface area (Å²) in [5.41, 5.74) is 1.94. The number of aromatic nitrogens is 1. The van der Waals surface area contributed by atoms with Crippen molar-refractivity contribution in [2.45, 2.75) is 6.92 Å². The average Bonchev–Trinajstić information content (AvgIpc) is 2.36. The van der Waals surface area contributed by atoms with Gasteiger partial charge < -0.3 is 5.32 Å². The highest BCUT2D eigenvalue weighted by Gasteiger charge is 1.98. The van der Waals surface area contributed by atoms with Crippen LogP contribution in [0.2, 0.25) is 0 Å². The Labute approximate surface area is 100 Å². The zero-order valence-corrected chi connectivity index (χ0v) is 9.68. The third-order valence-electron chi connectivity index (χ3n) is 2.45. The number of carbonyl (C=O) groups is 1. The van der Waals surface area contributed by atoms with Crippen LogP contribution in [-0.4, -0.2) is 17.4 Å². The highest BCUT2D eigenvalue weighted by Crippen LogP contribution is 2.17. The fourth-order valence-electron chi connectivity index (χ4n) is 1.66. The highest BCUT2D eigenvalue weighted by molar-refractivity contribution is 5.95. The fourth-order valence-corrected chi connectivity index (χ4v) is 1.66. The van der Waals surface area contributed by atoms with E-state index < -0.39 is 0 Å². The zero-order chi connectivity index (χ0) is 12.1. The SMILES string of the molecule is CCNC(=O)/C=C/c1ccnc2ccccc12. The molecule has 1 aromatic carbocycles. The van der Waals surface area contributed by atoms with Crippen LogP contribution in [-0.2, 0) is 4.79 Å². The second kappa shape index (κ2) is 5.25. The summed E-state index contributed by atoms with van der Waals surface area (Å²) in [6.07, 6.45) is 5.11. The molecule has 0 aliphatic carbocycles. The minimum atomic E-state index is -0.0756. The van der Waals surface area contributed by atoms with Crippen LogP contribution in [0.5, 0.6) is 0 Å². The first kappa shape index (κ1) is 11.3. The molecule has 86 valence electrons. The summed E-state index contributed by atoms with van der Waals surface area (Å²) in [5.74, 6) is -0.0756. The van der Waals surface area contributed by atoms with E-state index in [-0.39, 0.29) is 5.91 Å². The van der Waals surface area contributed by atoms with E-state index in [4.69, 9.17) is 0 Å². The van der Waals surface area contributed by atoms with Crippen molar-refractivity contribution in [3.05, 3.63) is 48.2 Å². The number of rotatable bonds is 3. The van der Waals surface area contributed by atoms with Crippen LogP contribution < -0.4 is 5.32 Å². The molecule has 0 atom stereocenters. The monoisotopic (exact) mass is 226 g/mol. The first-order valence-electron chi connectivity index (χ1n) is 5.61. The number of likely N-dealkylation sites (N-methyl/N-ethyl adjacent to an activating group) is 1. The number of para-hydroxylation sites is 1. The molecule has 0 saturated carbocycles. The normalized spacial score (nSPS) is 10.9. The topological polar surface area (TPSA) is 42.0 Å². The molecule has 0 radical (unpaired) electrons. The number of fused-ring (bicyclic) bond motifs is 1. The van der Waals surface area contributed by atoms with Gasteiger partial charge in [-0.1, -0.05) is 18.2 Å². The standard InChI is InChI=1S/C14H14N2O/c1-2-15-14(17)8-7-11-9-10-16-13-6-4-3-5-12(11)13/h3-10H,2H2,1H3,(H,15,17)/b8-7+. The van der Waals surface area contributed by atoms with Crippen molar-refractivity contribution in [1.29, 1.82) is 0 Å². The molecule has 0 saturated heterocycles. The van der Waals surface area contributed by atoms with Crippen molar-refractivity contribution in [3.63, 3.8) is 0 Å².